The molecule has 1 aliphatic rings. The molecule has 2 rings (SSSR count). The summed E-state index contributed by atoms with van der Waals surface area (Å²) >= 11 is 0. The highest BCUT2D eigenvalue weighted by atomic mass is 16.5. The molecule has 1 saturated carbocycles. The van der Waals surface area contributed by atoms with Crippen LogP contribution in [0.2, 0.25) is 0 Å². The highest BCUT2D eigenvalue weighted by molar-refractivity contribution is 5.80. The van der Waals surface area contributed by atoms with Gasteiger partial charge in [0, 0.05) is 12.5 Å². The molecule has 0 bridgehead atoms. The van der Waals surface area contributed by atoms with Gasteiger partial charge in [0.15, 0.2) is 0 Å². The summed E-state index contributed by atoms with van der Waals surface area (Å²) in [4.78, 5) is 11.4. The maximum absolute atomic E-state index is 11.4. The number of benzene rings is 1. The lowest BCUT2D eigenvalue weighted by Crippen LogP contribution is -2.24. The minimum Gasteiger partial charge on any atom is -0.497 e. The summed E-state index contributed by atoms with van der Waals surface area (Å²) in [7, 11) is 1.64. The summed E-state index contributed by atoms with van der Waals surface area (Å²) in [6, 6.07) is 7.73. The molecule has 15 heavy (non-hydrogen) atoms. The zero-order valence-corrected chi connectivity index (χ0v) is 8.82. The van der Waals surface area contributed by atoms with Gasteiger partial charge in [-0.2, -0.15) is 0 Å². The molecule has 0 unspecified atom stereocenters. The van der Waals surface area contributed by atoms with Crippen LogP contribution in [0.25, 0.3) is 0 Å². The van der Waals surface area contributed by atoms with E-state index in [1.807, 2.05) is 24.3 Å². The molecule has 1 aliphatic carbocycles. The number of amides is 1. The molecular weight excluding hydrogens is 190 g/mol. The van der Waals surface area contributed by atoms with Crippen LogP contribution in [0.4, 0.5) is 0 Å². The fourth-order valence-electron chi connectivity index (χ4n) is 1.42. The fraction of sp³-hybridized carbons (Fsp3) is 0.417. The third-order valence-corrected chi connectivity index (χ3v) is 2.57. The van der Waals surface area contributed by atoms with Crippen molar-refractivity contribution in [2.45, 2.75) is 19.4 Å². The van der Waals surface area contributed by atoms with E-state index in [4.69, 9.17) is 4.74 Å². The summed E-state index contributed by atoms with van der Waals surface area (Å²) < 4.78 is 5.06. The minimum atomic E-state index is 0.186. The van der Waals surface area contributed by atoms with E-state index in [-0.39, 0.29) is 11.8 Å². The first-order chi connectivity index (χ1) is 7.29. The number of nitrogens with one attached hydrogen (secondary N) is 1. The van der Waals surface area contributed by atoms with Crippen LogP contribution in [0.1, 0.15) is 18.4 Å². The average molecular weight is 205 g/mol. The molecule has 1 N–H and O–H groups in total. The Balaban J connectivity index is 1.84. The molecule has 0 heterocycles. The van der Waals surface area contributed by atoms with E-state index in [1.54, 1.807) is 7.11 Å². The second kappa shape index (κ2) is 4.34. The van der Waals surface area contributed by atoms with Gasteiger partial charge in [-0.1, -0.05) is 12.1 Å². The Morgan fingerprint density at radius 1 is 1.40 bits per heavy atom. The van der Waals surface area contributed by atoms with Crippen LogP contribution in [-0.4, -0.2) is 13.0 Å². The number of carbonyl (C=O) groups is 1. The van der Waals surface area contributed by atoms with Crippen molar-refractivity contribution in [1.82, 2.24) is 5.32 Å². The third-order valence-electron chi connectivity index (χ3n) is 2.57. The minimum absolute atomic E-state index is 0.186. The molecule has 1 amide bonds. The molecule has 0 spiro atoms. The summed E-state index contributed by atoms with van der Waals surface area (Å²) in [5.74, 6) is 1.31. The van der Waals surface area contributed by atoms with Crippen molar-refractivity contribution in [2.24, 2.45) is 5.92 Å². The number of carbonyl (C=O) groups excluding carboxylic acids is 1. The van der Waals surface area contributed by atoms with Crippen molar-refractivity contribution in [2.75, 3.05) is 7.11 Å². The largest absolute Gasteiger partial charge is 0.497 e. The molecule has 0 aliphatic heterocycles. The Labute approximate surface area is 89.4 Å². The number of hydrogen-bond acceptors (Lipinski definition) is 2. The summed E-state index contributed by atoms with van der Waals surface area (Å²) in [6.07, 6.45) is 2.10. The van der Waals surface area contributed by atoms with Crippen molar-refractivity contribution in [3.05, 3.63) is 29.8 Å². The Bertz CT molecular complexity index is 341. The van der Waals surface area contributed by atoms with Crippen LogP contribution in [-0.2, 0) is 11.3 Å². The van der Waals surface area contributed by atoms with Gasteiger partial charge >= 0.3 is 0 Å². The zero-order valence-electron chi connectivity index (χ0n) is 8.82. The van der Waals surface area contributed by atoms with Crippen molar-refractivity contribution in [3.63, 3.8) is 0 Å². The quantitative estimate of drug-likeness (QED) is 0.812. The van der Waals surface area contributed by atoms with Crippen LogP contribution in [0.15, 0.2) is 24.3 Å². The molecule has 0 radical (unpaired) electrons. The second-order valence-corrected chi connectivity index (χ2v) is 3.84. The van der Waals surface area contributed by atoms with Gasteiger partial charge in [-0.05, 0) is 30.5 Å². The van der Waals surface area contributed by atoms with Gasteiger partial charge in [0.25, 0.3) is 0 Å². The lowest BCUT2D eigenvalue weighted by atomic mass is 10.2. The summed E-state index contributed by atoms with van der Waals surface area (Å²) in [5.41, 5.74) is 1.10. The number of methoxy groups -OCH3 is 1. The molecule has 0 saturated heterocycles. The van der Waals surface area contributed by atoms with E-state index in [9.17, 15) is 4.79 Å². The average Bonchev–Trinajstić information content (AvgIpc) is 3.10. The molecule has 1 aromatic rings. The molecule has 3 heteroatoms. The highest BCUT2D eigenvalue weighted by Gasteiger charge is 2.29. The molecule has 3 nitrogen and oxygen atoms in total. The van der Waals surface area contributed by atoms with Crippen LogP contribution in [0.5, 0.6) is 5.75 Å². The Morgan fingerprint density at radius 3 is 2.60 bits per heavy atom. The Morgan fingerprint density at radius 2 is 2.07 bits per heavy atom. The first-order valence-electron chi connectivity index (χ1n) is 5.20. The SMILES string of the molecule is COc1ccc(CNC(=O)C2CC2)cc1. The maximum Gasteiger partial charge on any atom is 0.223 e. The topological polar surface area (TPSA) is 38.3 Å². The van der Waals surface area contributed by atoms with Crippen LogP contribution >= 0.6 is 0 Å². The molecule has 1 aromatic carbocycles. The Kier molecular flexibility index (Phi) is 2.90. The second-order valence-electron chi connectivity index (χ2n) is 3.84. The van der Waals surface area contributed by atoms with Gasteiger partial charge in [-0.3, -0.25) is 4.79 Å². The van der Waals surface area contributed by atoms with Gasteiger partial charge in [-0.25, -0.2) is 0 Å². The summed E-state index contributed by atoms with van der Waals surface area (Å²) in [6.45, 7) is 0.610. The van der Waals surface area contributed by atoms with E-state index >= 15 is 0 Å². The standard InChI is InChI=1S/C12H15NO2/c1-15-11-6-2-9(3-7-11)8-13-12(14)10-4-5-10/h2-3,6-7,10H,4-5,8H2,1H3,(H,13,14). The van der Waals surface area contributed by atoms with Gasteiger partial charge < -0.3 is 10.1 Å². The zero-order chi connectivity index (χ0) is 10.7. The van der Waals surface area contributed by atoms with Gasteiger partial charge in [0.05, 0.1) is 7.11 Å². The predicted octanol–water partition coefficient (Wildman–Crippen LogP) is 1.72. The van der Waals surface area contributed by atoms with E-state index < -0.39 is 0 Å². The number of ether oxygens (including phenoxy) is 1. The fourth-order valence-corrected chi connectivity index (χ4v) is 1.42. The van der Waals surface area contributed by atoms with Crippen molar-refractivity contribution in [1.29, 1.82) is 0 Å². The van der Waals surface area contributed by atoms with E-state index in [2.05, 4.69) is 5.32 Å². The normalized spacial score (nSPS) is 14.7. The lowest BCUT2D eigenvalue weighted by Gasteiger charge is -2.05. The van der Waals surface area contributed by atoms with E-state index in [0.717, 1.165) is 24.2 Å². The monoisotopic (exact) mass is 205 g/mol. The van der Waals surface area contributed by atoms with Gasteiger partial charge in [0.1, 0.15) is 5.75 Å². The van der Waals surface area contributed by atoms with Crippen LogP contribution < -0.4 is 10.1 Å². The molecule has 80 valence electrons. The van der Waals surface area contributed by atoms with E-state index in [0.29, 0.717) is 6.54 Å². The number of rotatable bonds is 4. The van der Waals surface area contributed by atoms with Gasteiger partial charge in [-0.15, -0.1) is 0 Å². The van der Waals surface area contributed by atoms with Gasteiger partial charge in [0.2, 0.25) is 5.91 Å². The molecule has 0 aromatic heterocycles. The van der Waals surface area contributed by atoms with Crippen molar-refractivity contribution < 1.29 is 9.53 Å². The molecular formula is C12H15NO2. The van der Waals surface area contributed by atoms with Crippen LogP contribution in [0.3, 0.4) is 0 Å². The first kappa shape index (κ1) is 10.0. The summed E-state index contributed by atoms with van der Waals surface area (Å²) in [5, 5.41) is 2.92. The number of hydrogen-bond donors (Lipinski definition) is 1. The first-order valence-corrected chi connectivity index (χ1v) is 5.20. The smallest absolute Gasteiger partial charge is 0.223 e. The molecule has 1 fully saturated rings. The van der Waals surface area contributed by atoms with Crippen molar-refractivity contribution >= 4 is 5.91 Å². The lowest BCUT2D eigenvalue weighted by molar-refractivity contribution is -0.122. The van der Waals surface area contributed by atoms with Crippen molar-refractivity contribution in [3.8, 4) is 5.75 Å². The predicted molar refractivity (Wildman–Crippen MR) is 57.6 cm³/mol. The molecule has 0 atom stereocenters. The van der Waals surface area contributed by atoms with E-state index in [1.165, 1.54) is 0 Å². The third kappa shape index (κ3) is 2.72. The Hall–Kier alpha value is -1.51. The highest BCUT2D eigenvalue weighted by Crippen LogP contribution is 2.28. The van der Waals surface area contributed by atoms with Crippen LogP contribution in [0, 0.1) is 5.92 Å². The maximum atomic E-state index is 11.4.